The van der Waals surface area contributed by atoms with E-state index in [1.54, 1.807) is 25.2 Å². The summed E-state index contributed by atoms with van der Waals surface area (Å²) >= 11 is 0. The minimum Gasteiger partial charge on any atom is -0.349 e. The van der Waals surface area contributed by atoms with Gasteiger partial charge >= 0.3 is 0 Å². The van der Waals surface area contributed by atoms with E-state index in [2.05, 4.69) is 15.5 Å². The van der Waals surface area contributed by atoms with E-state index in [-0.39, 0.29) is 5.91 Å². The first kappa shape index (κ1) is 11.7. The predicted octanol–water partition coefficient (Wildman–Crippen LogP) is 0.286. The minimum atomic E-state index is 0.145. The lowest BCUT2D eigenvalue weighted by Gasteiger charge is -2.10. The number of rotatable bonds is 5. The van der Waals surface area contributed by atoms with Gasteiger partial charge in [-0.2, -0.15) is 5.10 Å². The molecule has 1 rings (SSSR count). The molecule has 0 spiro atoms. The molecule has 0 fully saturated rings. The van der Waals surface area contributed by atoms with E-state index in [0.717, 1.165) is 17.8 Å². The summed E-state index contributed by atoms with van der Waals surface area (Å²) in [5.41, 5.74) is 2.22. The van der Waals surface area contributed by atoms with Gasteiger partial charge in [-0.05, 0) is 6.92 Å². The molecule has 1 heterocycles. The molecule has 5 nitrogen and oxygen atoms in total. The van der Waals surface area contributed by atoms with Crippen molar-refractivity contribution in [2.24, 2.45) is 0 Å². The van der Waals surface area contributed by atoms with Gasteiger partial charge in [0.1, 0.15) is 0 Å². The average Bonchev–Trinajstić information content (AvgIpc) is 2.58. The second-order valence-corrected chi connectivity index (χ2v) is 3.74. The molecule has 15 heavy (non-hydrogen) atoms. The molecule has 2 N–H and O–H groups in total. The Bertz CT molecular complexity index is 319. The Balaban J connectivity index is 2.18. The van der Waals surface area contributed by atoms with Crippen LogP contribution in [0.15, 0.2) is 6.20 Å². The van der Waals surface area contributed by atoms with Crippen LogP contribution in [-0.2, 0) is 11.3 Å². The molecule has 0 saturated carbocycles. The first-order valence-corrected chi connectivity index (χ1v) is 5.01. The normalized spacial score (nSPS) is 10.3. The highest BCUT2D eigenvalue weighted by atomic mass is 16.2. The van der Waals surface area contributed by atoms with Crippen LogP contribution >= 0.6 is 0 Å². The Morgan fingerprint density at radius 3 is 2.87 bits per heavy atom. The second-order valence-electron chi connectivity index (χ2n) is 3.74. The molecule has 0 unspecified atom stereocenters. The number of carbonyl (C=O) groups excluding carboxylic acids is 1. The third kappa shape index (κ3) is 3.71. The van der Waals surface area contributed by atoms with E-state index in [4.69, 9.17) is 0 Å². The van der Waals surface area contributed by atoms with Gasteiger partial charge in [-0.25, -0.2) is 0 Å². The highest BCUT2D eigenvalue weighted by molar-refractivity contribution is 5.75. The molecule has 5 heteroatoms. The fourth-order valence-corrected chi connectivity index (χ4v) is 1.20. The van der Waals surface area contributed by atoms with Gasteiger partial charge < -0.3 is 10.2 Å². The predicted molar refractivity (Wildman–Crippen MR) is 58.3 cm³/mol. The molecule has 0 saturated heterocycles. The SMILES string of the molecule is Cc1[nH]ncc1CNCCC(=O)N(C)C. The lowest BCUT2D eigenvalue weighted by Crippen LogP contribution is -2.26. The van der Waals surface area contributed by atoms with Crippen molar-refractivity contribution in [3.63, 3.8) is 0 Å². The second kappa shape index (κ2) is 5.50. The number of nitrogens with zero attached hydrogens (tertiary/aromatic N) is 2. The standard InChI is InChI=1S/C10H18N4O/c1-8-9(7-12-13-8)6-11-5-4-10(15)14(2)3/h7,11H,4-6H2,1-3H3,(H,12,13). The average molecular weight is 210 g/mol. The highest BCUT2D eigenvalue weighted by Gasteiger charge is 2.03. The summed E-state index contributed by atoms with van der Waals surface area (Å²) in [5.74, 6) is 0.145. The Morgan fingerprint density at radius 2 is 2.33 bits per heavy atom. The number of aromatic amines is 1. The summed E-state index contributed by atoms with van der Waals surface area (Å²) < 4.78 is 0. The van der Waals surface area contributed by atoms with Gasteiger partial charge in [0.2, 0.25) is 5.91 Å². The molecule has 0 aliphatic heterocycles. The summed E-state index contributed by atoms with van der Waals surface area (Å²) in [7, 11) is 3.53. The molecular formula is C10H18N4O. The number of nitrogens with one attached hydrogen (secondary N) is 2. The summed E-state index contributed by atoms with van der Waals surface area (Å²) in [5, 5.41) is 10.0. The number of hydrogen-bond donors (Lipinski definition) is 2. The number of H-pyrrole nitrogens is 1. The summed E-state index contributed by atoms with van der Waals surface area (Å²) in [6.07, 6.45) is 2.33. The molecule has 1 aromatic heterocycles. The van der Waals surface area contributed by atoms with Crippen molar-refractivity contribution in [1.29, 1.82) is 0 Å². The Labute approximate surface area is 89.9 Å². The zero-order valence-corrected chi connectivity index (χ0v) is 9.50. The molecule has 0 atom stereocenters. The molecule has 0 radical (unpaired) electrons. The Hall–Kier alpha value is -1.36. The lowest BCUT2D eigenvalue weighted by atomic mass is 10.2. The number of carbonyl (C=O) groups is 1. The zero-order valence-electron chi connectivity index (χ0n) is 9.50. The van der Waals surface area contributed by atoms with Crippen molar-refractivity contribution in [1.82, 2.24) is 20.4 Å². The van der Waals surface area contributed by atoms with Gasteiger partial charge in [-0.3, -0.25) is 9.89 Å². The summed E-state index contributed by atoms with van der Waals surface area (Å²) in [4.78, 5) is 12.8. The van der Waals surface area contributed by atoms with Crippen molar-refractivity contribution in [2.45, 2.75) is 19.9 Å². The van der Waals surface area contributed by atoms with Crippen LogP contribution in [0.4, 0.5) is 0 Å². The Morgan fingerprint density at radius 1 is 1.60 bits per heavy atom. The molecule has 1 aromatic rings. The van der Waals surface area contributed by atoms with Crippen LogP contribution in [0.2, 0.25) is 0 Å². The molecular weight excluding hydrogens is 192 g/mol. The van der Waals surface area contributed by atoms with Gasteiger partial charge in [0.05, 0.1) is 6.20 Å². The van der Waals surface area contributed by atoms with Crippen LogP contribution in [0.5, 0.6) is 0 Å². The maximum Gasteiger partial charge on any atom is 0.223 e. The maximum atomic E-state index is 11.2. The van der Waals surface area contributed by atoms with Crippen molar-refractivity contribution in [2.75, 3.05) is 20.6 Å². The Kier molecular flexibility index (Phi) is 4.30. The van der Waals surface area contributed by atoms with Gasteiger partial charge in [-0.15, -0.1) is 0 Å². The summed E-state index contributed by atoms with van der Waals surface area (Å²) in [6.45, 7) is 3.43. The van der Waals surface area contributed by atoms with Gasteiger partial charge in [0, 0.05) is 44.9 Å². The smallest absolute Gasteiger partial charge is 0.223 e. The highest BCUT2D eigenvalue weighted by Crippen LogP contribution is 2.00. The molecule has 0 aliphatic carbocycles. The number of hydrogen-bond acceptors (Lipinski definition) is 3. The van der Waals surface area contributed by atoms with E-state index in [0.29, 0.717) is 13.0 Å². The van der Waals surface area contributed by atoms with Crippen molar-refractivity contribution in [3.8, 4) is 0 Å². The fraction of sp³-hybridized carbons (Fsp3) is 0.600. The largest absolute Gasteiger partial charge is 0.349 e. The zero-order chi connectivity index (χ0) is 11.3. The van der Waals surface area contributed by atoms with Crippen LogP contribution in [0.1, 0.15) is 17.7 Å². The minimum absolute atomic E-state index is 0.145. The number of aryl methyl sites for hydroxylation is 1. The first-order chi connectivity index (χ1) is 7.11. The van der Waals surface area contributed by atoms with Gasteiger partial charge in [-0.1, -0.05) is 0 Å². The van der Waals surface area contributed by atoms with Crippen LogP contribution in [-0.4, -0.2) is 41.6 Å². The number of aromatic nitrogens is 2. The third-order valence-electron chi connectivity index (χ3n) is 2.26. The van der Waals surface area contributed by atoms with Crippen LogP contribution < -0.4 is 5.32 Å². The van der Waals surface area contributed by atoms with Crippen molar-refractivity contribution < 1.29 is 4.79 Å². The lowest BCUT2D eigenvalue weighted by molar-refractivity contribution is -0.128. The number of amides is 1. The van der Waals surface area contributed by atoms with E-state index >= 15 is 0 Å². The van der Waals surface area contributed by atoms with Gasteiger partial charge in [0.25, 0.3) is 0 Å². The third-order valence-corrected chi connectivity index (χ3v) is 2.26. The fourth-order valence-electron chi connectivity index (χ4n) is 1.20. The van der Waals surface area contributed by atoms with E-state index < -0.39 is 0 Å². The van der Waals surface area contributed by atoms with Crippen molar-refractivity contribution >= 4 is 5.91 Å². The van der Waals surface area contributed by atoms with E-state index in [9.17, 15) is 4.79 Å². The van der Waals surface area contributed by atoms with Crippen LogP contribution in [0.3, 0.4) is 0 Å². The van der Waals surface area contributed by atoms with Gasteiger partial charge in [0.15, 0.2) is 0 Å². The van der Waals surface area contributed by atoms with E-state index in [1.807, 2.05) is 6.92 Å². The van der Waals surface area contributed by atoms with Crippen LogP contribution in [0, 0.1) is 6.92 Å². The molecule has 0 aromatic carbocycles. The molecule has 0 aliphatic rings. The molecule has 84 valence electrons. The quantitative estimate of drug-likeness (QED) is 0.686. The van der Waals surface area contributed by atoms with Crippen LogP contribution in [0.25, 0.3) is 0 Å². The first-order valence-electron chi connectivity index (χ1n) is 5.01. The van der Waals surface area contributed by atoms with E-state index in [1.165, 1.54) is 0 Å². The maximum absolute atomic E-state index is 11.2. The summed E-state index contributed by atoms with van der Waals surface area (Å²) in [6, 6.07) is 0. The van der Waals surface area contributed by atoms with Crippen molar-refractivity contribution in [3.05, 3.63) is 17.5 Å². The topological polar surface area (TPSA) is 61.0 Å². The monoisotopic (exact) mass is 210 g/mol. The molecule has 0 bridgehead atoms. The molecule has 1 amide bonds.